The van der Waals surface area contributed by atoms with E-state index in [0.29, 0.717) is 16.9 Å². The van der Waals surface area contributed by atoms with E-state index in [0.717, 1.165) is 12.0 Å². The quantitative estimate of drug-likeness (QED) is 0.304. The molecule has 0 spiro atoms. The van der Waals surface area contributed by atoms with Crippen LogP contribution in [-0.4, -0.2) is 36.5 Å². The Morgan fingerprint density at radius 2 is 2.29 bits per heavy atom. The lowest BCUT2D eigenvalue weighted by atomic mass is 10.0. The summed E-state index contributed by atoms with van der Waals surface area (Å²) in [7, 11) is 3.78. The third-order valence-electron chi connectivity index (χ3n) is 1.69. The molecule has 3 nitrogen and oxygen atoms in total. The van der Waals surface area contributed by atoms with Crippen molar-refractivity contribution in [2.24, 2.45) is 4.99 Å². The first kappa shape index (κ1) is 10.8. The Kier molecular flexibility index (Phi) is 3.71. The van der Waals surface area contributed by atoms with Gasteiger partial charge in [0.1, 0.15) is 0 Å². The van der Waals surface area contributed by atoms with Crippen LogP contribution in [0.25, 0.3) is 0 Å². The molecule has 0 saturated heterocycles. The van der Waals surface area contributed by atoms with Gasteiger partial charge in [-0.1, -0.05) is 18.3 Å². The van der Waals surface area contributed by atoms with E-state index in [1.54, 1.807) is 12.4 Å². The highest BCUT2D eigenvalue weighted by molar-refractivity contribution is 7.81. The minimum Gasteiger partial charge on any atom is -0.369 e. The van der Waals surface area contributed by atoms with Crippen molar-refractivity contribution in [2.45, 2.75) is 6.42 Å². The van der Waals surface area contributed by atoms with Crippen LogP contribution in [-0.2, 0) is 4.79 Å². The van der Waals surface area contributed by atoms with E-state index in [1.807, 2.05) is 25.1 Å². The van der Waals surface area contributed by atoms with Crippen molar-refractivity contribution in [3.63, 3.8) is 0 Å². The van der Waals surface area contributed by atoms with Gasteiger partial charge in [-0.3, -0.25) is 4.79 Å². The Labute approximate surface area is 88.8 Å². The minimum absolute atomic E-state index is 0.563. The summed E-state index contributed by atoms with van der Waals surface area (Å²) in [6.07, 6.45) is 6.72. The van der Waals surface area contributed by atoms with Gasteiger partial charge in [0.05, 0.1) is 12.0 Å². The van der Waals surface area contributed by atoms with Gasteiger partial charge in [-0.15, -0.1) is 0 Å². The van der Waals surface area contributed by atoms with Crippen LogP contribution < -0.4 is 0 Å². The molecule has 0 radical (unpaired) electrons. The average molecular weight is 208 g/mol. The lowest BCUT2D eigenvalue weighted by Gasteiger charge is -2.08. The molecule has 0 N–H and O–H groups in total. The molecular weight excluding hydrogens is 196 g/mol. The topological polar surface area (TPSA) is 32.7 Å². The number of allylic oxidation sites excluding steroid dienone is 3. The van der Waals surface area contributed by atoms with Crippen molar-refractivity contribution >= 4 is 29.7 Å². The maximum Gasteiger partial charge on any atom is 0.151 e. The van der Waals surface area contributed by atoms with Crippen LogP contribution >= 0.6 is 12.2 Å². The largest absolute Gasteiger partial charge is 0.369 e. The molecule has 0 heterocycles. The normalized spacial score (nSPS) is 16.6. The summed E-state index contributed by atoms with van der Waals surface area (Å²) < 4.78 is 0. The van der Waals surface area contributed by atoms with Crippen LogP contribution in [0.1, 0.15) is 6.42 Å². The molecule has 1 rings (SSSR count). The average Bonchev–Trinajstić information content (AvgIpc) is 2.16. The van der Waals surface area contributed by atoms with Crippen LogP contribution in [0, 0.1) is 0 Å². The molecule has 0 aliphatic heterocycles. The van der Waals surface area contributed by atoms with E-state index in [1.165, 1.54) is 0 Å². The molecule has 0 bridgehead atoms. The fourth-order valence-electron chi connectivity index (χ4n) is 0.986. The molecule has 0 fully saturated rings. The lowest BCUT2D eigenvalue weighted by molar-refractivity contribution is -0.104. The summed E-state index contributed by atoms with van der Waals surface area (Å²) in [4.78, 5) is 17.3. The highest BCUT2D eigenvalue weighted by Crippen LogP contribution is 2.14. The molecule has 0 saturated carbocycles. The van der Waals surface area contributed by atoms with E-state index in [4.69, 9.17) is 12.2 Å². The van der Waals surface area contributed by atoms with E-state index >= 15 is 0 Å². The maximum atomic E-state index is 10.6. The number of nitrogens with zero attached hydrogens (tertiary/aromatic N) is 2. The first-order valence-corrected chi connectivity index (χ1v) is 4.65. The highest BCUT2D eigenvalue weighted by Gasteiger charge is 2.08. The predicted octanol–water partition coefficient (Wildman–Crippen LogP) is 1.36. The van der Waals surface area contributed by atoms with Gasteiger partial charge in [0, 0.05) is 31.0 Å². The van der Waals surface area contributed by atoms with Gasteiger partial charge >= 0.3 is 0 Å². The van der Waals surface area contributed by atoms with E-state index in [9.17, 15) is 4.79 Å². The van der Waals surface area contributed by atoms with E-state index in [-0.39, 0.29) is 0 Å². The number of carbonyl (C=O) groups is 1. The zero-order valence-electron chi connectivity index (χ0n) is 8.23. The fourth-order valence-corrected chi connectivity index (χ4v) is 1.18. The predicted molar refractivity (Wildman–Crippen MR) is 61.6 cm³/mol. The summed E-state index contributed by atoms with van der Waals surface area (Å²) in [5.41, 5.74) is 1.35. The standard InChI is InChI=1S/C10H12N2OS/c1-12(2)7-11-9-3-4-10(14)8(5-9)6-13/h3,5-7H,4H2,1-2H3. The van der Waals surface area contributed by atoms with Crippen molar-refractivity contribution in [1.29, 1.82) is 0 Å². The van der Waals surface area contributed by atoms with Gasteiger partial charge < -0.3 is 4.90 Å². The van der Waals surface area contributed by atoms with Crippen LogP contribution in [0.3, 0.4) is 0 Å². The van der Waals surface area contributed by atoms with E-state index in [2.05, 4.69) is 4.99 Å². The smallest absolute Gasteiger partial charge is 0.151 e. The Hall–Kier alpha value is -1.29. The summed E-state index contributed by atoms with van der Waals surface area (Å²) in [5, 5.41) is 0. The minimum atomic E-state index is 0.563. The Bertz CT molecular complexity index is 340. The Morgan fingerprint density at radius 3 is 2.86 bits per heavy atom. The van der Waals surface area contributed by atoms with E-state index < -0.39 is 0 Å². The molecule has 0 unspecified atom stereocenters. The number of thiocarbonyl (C=S) groups is 1. The zero-order valence-corrected chi connectivity index (χ0v) is 9.04. The van der Waals surface area contributed by atoms with Crippen LogP contribution in [0.5, 0.6) is 0 Å². The number of hydrogen-bond acceptors (Lipinski definition) is 3. The summed E-state index contributed by atoms with van der Waals surface area (Å²) in [6.45, 7) is 0. The third-order valence-corrected chi connectivity index (χ3v) is 2.09. The summed E-state index contributed by atoms with van der Waals surface area (Å²) >= 11 is 5.01. The lowest BCUT2D eigenvalue weighted by Crippen LogP contribution is -2.09. The molecule has 0 atom stereocenters. The molecule has 0 amide bonds. The highest BCUT2D eigenvalue weighted by atomic mass is 32.1. The number of carbonyl (C=O) groups excluding carboxylic acids is 1. The third kappa shape index (κ3) is 2.88. The van der Waals surface area contributed by atoms with Gasteiger partial charge in [-0.2, -0.15) is 0 Å². The maximum absolute atomic E-state index is 10.6. The summed E-state index contributed by atoms with van der Waals surface area (Å²) in [5.74, 6) is 0. The molecule has 1 aliphatic rings. The molecular formula is C10H12N2OS. The van der Waals surface area contributed by atoms with Crippen LogP contribution in [0.2, 0.25) is 0 Å². The second-order valence-electron chi connectivity index (χ2n) is 3.18. The molecule has 74 valence electrons. The van der Waals surface area contributed by atoms with Crippen molar-refractivity contribution in [2.75, 3.05) is 14.1 Å². The Balaban J connectivity index is 2.79. The van der Waals surface area contributed by atoms with Gasteiger partial charge in [-0.05, 0) is 6.08 Å². The first-order chi connectivity index (χ1) is 6.63. The fraction of sp³-hybridized carbons (Fsp3) is 0.300. The van der Waals surface area contributed by atoms with Crippen molar-refractivity contribution in [3.8, 4) is 0 Å². The van der Waals surface area contributed by atoms with Gasteiger partial charge in [-0.25, -0.2) is 4.99 Å². The molecule has 0 aromatic carbocycles. The van der Waals surface area contributed by atoms with Gasteiger partial charge in [0.15, 0.2) is 6.29 Å². The monoisotopic (exact) mass is 208 g/mol. The van der Waals surface area contributed by atoms with Crippen molar-refractivity contribution < 1.29 is 4.79 Å². The molecule has 14 heavy (non-hydrogen) atoms. The molecule has 4 heteroatoms. The SMILES string of the molecule is CN(C)C=NC1=CCC(=S)C(C=O)=C1. The van der Waals surface area contributed by atoms with Gasteiger partial charge in [0.2, 0.25) is 0 Å². The number of rotatable bonds is 3. The molecule has 1 aliphatic carbocycles. The number of aldehydes is 1. The van der Waals surface area contributed by atoms with Crippen LogP contribution in [0.15, 0.2) is 28.4 Å². The molecule has 0 aromatic rings. The van der Waals surface area contributed by atoms with Crippen molar-refractivity contribution in [3.05, 3.63) is 23.4 Å². The second-order valence-corrected chi connectivity index (χ2v) is 3.67. The molecule has 0 aromatic heterocycles. The Morgan fingerprint density at radius 1 is 1.57 bits per heavy atom. The van der Waals surface area contributed by atoms with Crippen molar-refractivity contribution in [1.82, 2.24) is 4.90 Å². The number of hydrogen-bond donors (Lipinski definition) is 0. The summed E-state index contributed by atoms with van der Waals surface area (Å²) in [6, 6.07) is 0. The van der Waals surface area contributed by atoms with Gasteiger partial charge in [0.25, 0.3) is 0 Å². The second kappa shape index (κ2) is 4.81. The van der Waals surface area contributed by atoms with Crippen LogP contribution in [0.4, 0.5) is 0 Å². The zero-order chi connectivity index (χ0) is 10.6. The first-order valence-electron chi connectivity index (χ1n) is 4.24. The number of aliphatic imine (C=N–C) groups is 1.